The molecular weight excluding hydrogens is 457 g/mol. The summed E-state index contributed by atoms with van der Waals surface area (Å²) < 4.78 is 23.4. The predicted octanol–water partition coefficient (Wildman–Crippen LogP) is 4.53. The Balaban J connectivity index is 1.20. The van der Waals surface area contributed by atoms with E-state index in [-0.39, 0.29) is 5.82 Å². The molecule has 0 aliphatic carbocycles. The molecule has 3 aromatic heterocycles. The van der Waals surface area contributed by atoms with Gasteiger partial charge in [-0.15, -0.1) is 0 Å². The van der Waals surface area contributed by atoms with Crippen LogP contribution in [0.3, 0.4) is 0 Å². The van der Waals surface area contributed by atoms with Crippen LogP contribution in [0.25, 0.3) is 16.4 Å². The maximum atomic E-state index is 13.6. The number of nitrogens with zero attached hydrogens (tertiary/aromatic N) is 5. The van der Waals surface area contributed by atoms with Crippen molar-refractivity contribution in [3.63, 3.8) is 0 Å². The molecule has 0 radical (unpaired) electrons. The maximum Gasteiger partial charge on any atom is 0.158 e. The maximum absolute atomic E-state index is 13.6. The Kier molecular flexibility index (Phi) is 6.31. The molecule has 1 aliphatic rings. The van der Waals surface area contributed by atoms with Gasteiger partial charge in [0.05, 0.1) is 31.5 Å². The van der Waals surface area contributed by atoms with Crippen LogP contribution < -0.4 is 10.6 Å². The Morgan fingerprint density at radius 3 is 3.00 bits per heavy atom. The van der Waals surface area contributed by atoms with Crippen LogP contribution in [0.4, 0.5) is 15.9 Å². The second kappa shape index (κ2) is 10.0. The van der Waals surface area contributed by atoms with Gasteiger partial charge >= 0.3 is 0 Å². The molecule has 0 saturated carbocycles. The van der Waals surface area contributed by atoms with E-state index in [9.17, 15) is 4.39 Å². The van der Waals surface area contributed by atoms with Crippen LogP contribution in [0.1, 0.15) is 24.0 Å². The molecular formula is C27H28FN7O. The topological polar surface area (TPSA) is 81.3 Å². The molecule has 4 heterocycles. The highest BCUT2D eigenvalue weighted by Gasteiger charge is 2.15. The highest BCUT2D eigenvalue weighted by Crippen LogP contribution is 2.26. The monoisotopic (exact) mass is 485 g/mol. The normalized spacial score (nSPS) is 16.1. The Bertz CT molecular complexity index is 1490. The molecule has 1 saturated heterocycles. The molecule has 1 aliphatic heterocycles. The lowest BCUT2D eigenvalue weighted by Gasteiger charge is -2.22. The van der Waals surface area contributed by atoms with Crippen LogP contribution >= 0.6 is 0 Å². The summed E-state index contributed by atoms with van der Waals surface area (Å²) in [6.45, 7) is 3.89. The minimum Gasteiger partial charge on any atom is -0.376 e. The molecule has 36 heavy (non-hydrogen) atoms. The first-order valence-electron chi connectivity index (χ1n) is 12.3. The standard InChI is InChI=1S/C27H28FN7O/c28-23-5-1-3-19(11-23)15-35-25-7-6-24(12-22(25)14-31-35)33-27-26-21(8-10-34(26)32-18-30-27)17-36-16-20-4-2-9-29-13-20/h1,3,5-8,10-12,14,18,20,29H,2,4,9,13,15-17H2,(H,30,32,33)/t20-/m0/s1. The number of fused-ring (bicyclic) bond motifs is 2. The molecule has 5 aromatic rings. The first kappa shape index (κ1) is 22.6. The van der Waals surface area contributed by atoms with Crippen molar-refractivity contribution in [3.8, 4) is 0 Å². The van der Waals surface area contributed by atoms with Gasteiger partial charge in [-0.2, -0.15) is 10.2 Å². The van der Waals surface area contributed by atoms with Crippen molar-refractivity contribution in [2.75, 3.05) is 25.0 Å². The lowest BCUT2D eigenvalue weighted by Crippen LogP contribution is -2.32. The van der Waals surface area contributed by atoms with E-state index in [0.29, 0.717) is 19.1 Å². The van der Waals surface area contributed by atoms with Crippen molar-refractivity contribution in [2.24, 2.45) is 5.92 Å². The van der Waals surface area contributed by atoms with Crippen LogP contribution in [0.15, 0.2) is 67.3 Å². The fourth-order valence-corrected chi connectivity index (χ4v) is 4.86. The average molecular weight is 486 g/mol. The molecule has 0 unspecified atom stereocenters. The fourth-order valence-electron chi connectivity index (χ4n) is 4.86. The number of rotatable bonds is 8. The van der Waals surface area contributed by atoms with Gasteiger partial charge in [-0.25, -0.2) is 13.9 Å². The summed E-state index contributed by atoms with van der Waals surface area (Å²) in [7, 11) is 0. The number of benzene rings is 2. The van der Waals surface area contributed by atoms with Crippen molar-refractivity contribution in [1.29, 1.82) is 0 Å². The lowest BCUT2D eigenvalue weighted by molar-refractivity contribution is 0.0789. The van der Waals surface area contributed by atoms with Crippen molar-refractivity contribution in [2.45, 2.75) is 26.0 Å². The van der Waals surface area contributed by atoms with Gasteiger partial charge in [0.15, 0.2) is 5.82 Å². The number of aromatic nitrogens is 5. The van der Waals surface area contributed by atoms with E-state index in [2.05, 4.69) is 25.8 Å². The van der Waals surface area contributed by atoms with E-state index < -0.39 is 0 Å². The third-order valence-corrected chi connectivity index (χ3v) is 6.67. The van der Waals surface area contributed by atoms with Gasteiger partial charge in [0.25, 0.3) is 0 Å². The zero-order valence-corrected chi connectivity index (χ0v) is 19.9. The Labute approximate surface area is 208 Å². The van der Waals surface area contributed by atoms with Gasteiger partial charge < -0.3 is 15.4 Å². The molecule has 8 nitrogen and oxygen atoms in total. The molecule has 9 heteroatoms. The summed E-state index contributed by atoms with van der Waals surface area (Å²) in [5.74, 6) is 1.04. The largest absolute Gasteiger partial charge is 0.376 e. The van der Waals surface area contributed by atoms with Gasteiger partial charge in [-0.3, -0.25) is 4.68 Å². The number of hydrogen-bond donors (Lipinski definition) is 2. The minimum absolute atomic E-state index is 0.243. The summed E-state index contributed by atoms with van der Waals surface area (Å²) in [5, 5.41) is 16.7. The first-order valence-corrected chi connectivity index (χ1v) is 12.3. The zero-order chi connectivity index (χ0) is 24.3. The highest BCUT2D eigenvalue weighted by atomic mass is 19.1. The van der Waals surface area contributed by atoms with Crippen molar-refractivity contribution in [1.82, 2.24) is 29.7 Å². The Morgan fingerprint density at radius 1 is 1.14 bits per heavy atom. The van der Waals surface area contributed by atoms with Gasteiger partial charge in [0.2, 0.25) is 0 Å². The number of halogens is 1. The quantitative estimate of drug-likeness (QED) is 0.336. The van der Waals surface area contributed by atoms with E-state index in [1.165, 1.54) is 25.0 Å². The van der Waals surface area contributed by atoms with Crippen LogP contribution in [-0.2, 0) is 17.9 Å². The second-order valence-corrected chi connectivity index (χ2v) is 9.30. The van der Waals surface area contributed by atoms with E-state index in [1.807, 2.05) is 51.9 Å². The van der Waals surface area contributed by atoms with Crippen molar-refractivity contribution < 1.29 is 9.13 Å². The SMILES string of the molecule is Fc1cccc(Cn2ncc3cc(Nc4ncnn5ccc(COC[C@H]6CCCNC6)c45)ccc32)c1. The molecule has 2 aromatic carbocycles. The lowest BCUT2D eigenvalue weighted by atomic mass is 10.0. The zero-order valence-electron chi connectivity index (χ0n) is 19.9. The molecule has 0 bridgehead atoms. The second-order valence-electron chi connectivity index (χ2n) is 9.30. The summed E-state index contributed by atoms with van der Waals surface area (Å²) in [6.07, 6.45) is 7.72. The highest BCUT2D eigenvalue weighted by molar-refractivity contribution is 5.85. The molecule has 1 atom stereocenters. The molecule has 2 N–H and O–H groups in total. The van der Waals surface area contributed by atoms with Crippen LogP contribution in [0.5, 0.6) is 0 Å². The van der Waals surface area contributed by atoms with Crippen molar-refractivity contribution >= 4 is 27.9 Å². The fraction of sp³-hybridized carbons (Fsp3) is 0.296. The first-order chi connectivity index (χ1) is 17.7. The Hall–Kier alpha value is -3.82. The average Bonchev–Trinajstić information content (AvgIpc) is 3.49. The van der Waals surface area contributed by atoms with E-state index in [1.54, 1.807) is 12.4 Å². The third kappa shape index (κ3) is 4.80. The third-order valence-electron chi connectivity index (χ3n) is 6.67. The molecule has 6 rings (SSSR count). The summed E-state index contributed by atoms with van der Waals surface area (Å²) >= 11 is 0. The summed E-state index contributed by atoms with van der Waals surface area (Å²) in [4.78, 5) is 4.52. The number of piperidine rings is 1. The minimum atomic E-state index is -0.243. The van der Waals surface area contributed by atoms with E-state index in [4.69, 9.17) is 4.74 Å². The number of ether oxygens (including phenoxy) is 1. The number of anilines is 2. The van der Waals surface area contributed by atoms with Gasteiger partial charge in [0, 0.05) is 29.4 Å². The van der Waals surface area contributed by atoms with Crippen LogP contribution in [-0.4, -0.2) is 44.1 Å². The van der Waals surface area contributed by atoms with Crippen LogP contribution in [0.2, 0.25) is 0 Å². The smallest absolute Gasteiger partial charge is 0.158 e. The van der Waals surface area contributed by atoms with Gasteiger partial charge in [-0.1, -0.05) is 12.1 Å². The van der Waals surface area contributed by atoms with Gasteiger partial charge in [-0.05, 0) is 67.3 Å². The van der Waals surface area contributed by atoms with Gasteiger partial charge in [0.1, 0.15) is 17.7 Å². The molecule has 0 amide bonds. The molecule has 0 spiro atoms. The van der Waals surface area contributed by atoms with Crippen LogP contribution in [0, 0.1) is 11.7 Å². The molecule has 184 valence electrons. The number of nitrogens with one attached hydrogen (secondary N) is 2. The Morgan fingerprint density at radius 2 is 2.11 bits per heavy atom. The van der Waals surface area contributed by atoms with E-state index >= 15 is 0 Å². The molecule has 1 fully saturated rings. The van der Waals surface area contributed by atoms with E-state index in [0.717, 1.165) is 58.7 Å². The number of hydrogen-bond acceptors (Lipinski definition) is 6. The van der Waals surface area contributed by atoms with Crippen molar-refractivity contribution in [3.05, 3.63) is 84.2 Å². The summed E-state index contributed by atoms with van der Waals surface area (Å²) in [6, 6.07) is 14.7. The predicted molar refractivity (Wildman–Crippen MR) is 137 cm³/mol. The summed E-state index contributed by atoms with van der Waals surface area (Å²) in [5.41, 5.74) is 4.70.